The third-order valence-corrected chi connectivity index (χ3v) is 4.23. The lowest BCUT2D eigenvalue weighted by molar-refractivity contribution is -0.114. The maximum atomic E-state index is 11.1. The van der Waals surface area contributed by atoms with E-state index in [0.717, 1.165) is 31.2 Å². The molecule has 2 aromatic carbocycles. The van der Waals surface area contributed by atoms with Crippen molar-refractivity contribution in [1.82, 2.24) is 10.6 Å². The summed E-state index contributed by atoms with van der Waals surface area (Å²) in [6, 6.07) is 14.4. The quantitative estimate of drug-likeness (QED) is 0.308. The molecule has 6 heteroatoms. The van der Waals surface area contributed by atoms with Gasteiger partial charge < -0.3 is 16.0 Å². The van der Waals surface area contributed by atoms with Crippen molar-refractivity contribution in [2.75, 3.05) is 18.4 Å². The van der Waals surface area contributed by atoms with Gasteiger partial charge in [0.25, 0.3) is 0 Å². The summed E-state index contributed by atoms with van der Waals surface area (Å²) in [4.78, 5) is 15.8. The fourth-order valence-corrected chi connectivity index (χ4v) is 2.81. The summed E-state index contributed by atoms with van der Waals surface area (Å²) in [5, 5.41) is 9.46. The van der Waals surface area contributed by atoms with Crippen LogP contribution in [0.5, 0.6) is 0 Å². The number of hydrogen-bond donors (Lipinski definition) is 3. The number of aryl methyl sites for hydroxylation is 2. The van der Waals surface area contributed by atoms with Crippen LogP contribution in [0, 0.1) is 13.8 Å². The normalized spacial score (nSPS) is 10.8. The van der Waals surface area contributed by atoms with E-state index in [1.807, 2.05) is 24.3 Å². The number of rotatable bonds is 7. The number of halogens is 1. The molecule has 3 N–H and O–H groups in total. The Morgan fingerprint density at radius 2 is 1.75 bits per heavy atom. The zero-order chi connectivity index (χ0) is 19.6. The van der Waals surface area contributed by atoms with Gasteiger partial charge in [0.15, 0.2) is 5.96 Å². The molecule has 0 saturated heterocycles. The summed E-state index contributed by atoms with van der Waals surface area (Å²) in [6.07, 6.45) is 0.883. The van der Waals surface area contributed by atoms with Crippen molar-refractivity contribution in [3.8, 4) is 0 Å². The average molecular weight is 494 g/mol. The number of aliphatic imine (C=N–C) groups is 1. The van der Waals surface area contributed by atoms with Crippen LogP contribution in [0.3, 0.4) is 0 Å². The highest BCUT2D eigenvalue weighted by atomic mass is 127. The molecule has 0 heterocycles. The lowest BCUT2D eigenvalue weighted by Crippen LogP contribution is -2.38. The first-order valence-corrected chi connectivity index (χ1v) is 9.42. The predicted molar refractivity (Wildman–Crippen MR) is 129 cm³/mol. The van der Waals surface area contributed by atoms with E-state index in [4.69, 9.17) is 4.99 Å². The Hall–Kier alpha value is -2.09. The molecule has 0 atom stereocenters. The maximum absolute atomic E-state index is 11.1. The molecule has 2 aromatic rings. The molecule has 0 fully saturated rings. The summed E-state index contributed by atoms with van der Waals surface area (Å²) in [6.45, 7) is 10.1. The van der Waals surface area contributed by atoms with Crippen LogP contribution in [0.4, 0.5) is 5.69 Å². The monoisotopic (exact) mass is 494 g/mol. The Kier molecular flexibility index (Phi) is 10.6. The van der Waals surface area contributed by atoms with Crippen molar-refractivity contribution in [3.63, 3.8) is 0 Å². The standard InChI is InChI=1S/C22H30N4O.HI/c1-5-23-22(25-15-20-9-6-16(2)14-17(20)3)24-13-12-19-7-10-21(11-8-19)26-18(4)27;/h6-11,14H,5,12-13,15H2,1-4H3,(H,26,27)(H2,23,24,25);1H. The largest absolute Gasteiger partial charge is 0.357 e. The van der Waals surface area contributed by atoms with E-state index < -0.39 is 0 Å². The summed E-state index contributed by atoms with van der Waals surface area (Å²) in [7, 11) is 0. The van der Waals surface area contributed by atoms with Crippen molar-refractivity contribution in [2.45, 2.75) is 40.7 Å². The summed E-state index contributed by atoms with van der Waals surface area (Å²) < 4.78 is 0. The van der Waals surface area contributed by atoms with Crippen molar-refractivity contribution >= 4 is 41.5 Å². The molecule has 1 amide bonds. The SMILES string of the molecule is CCNC(=NCc1ccc(C)cc1C)NCCc1ccc(NC(C)=O)cc1.I. The van der Waals surface area contributed by atoms with Crippen molar-refractivity contribution in [1.29, 1.82) is 0 Å². The molecular weight excluding hydrogens is 463 g/mol. The molecular formula is C22H31IN4O. The van der Waals surface area contributed by atoms with Crippen LogP contribution in [-0.4, -0.2) is 25.0 Å². The number of benzene rings is 2. The molecule has 0 bridgehead atoms. The first-order chi connectivity index (χ1) is 13.0. The van der Waals surface area contributed by atoms with Crippen LogP contribution in [0.15, 0.2) is 47.5 Å². The van der Waals surface area contributed by atoms with Gasteiger partial charge in [-0.05, 0) is 56.0 Å². The van der Waals surface area contributed by atoms with Crippen LogP contribution >= 0.6 is 24.0 Å². The van der Waals surface area contributed by atoms with Crippen molar-refractivity contribution in [3.05, 3.63) is 64.7 Å². The van der Waals surface area contributed by atoms with Crippen LogP contribution in [-0.2, 0) is 17.8 Å². The van der Waals surface area contributed by atoms with E-state index in [2.05, 4.69) is 54.9 Å². The molecule has 0 spiro atoms. The minimum Gasteiger partial charge on any atom is -0.357 e. The van der Waals surface area contributed by atoms with E-state index in [1.165, 1.54) is 29.2 Å². The molecule has 28 heavy (non-hydrogen) atoms. The van der Waals surface area contributed by atoms with Gasteiger partial charge in [-0.2, -0.15) is 0 Å². The number of hydrogen-bond acceptors (Lipinski definition) is 2. The minimum atomic E-state index is -0.0558. The van der Waals surface area contributed by atoms with Gasteiger partial charge in [-0.15, -0.1) is 24.0 Å². The molecule has 0 unspecified atom stereocenters. The van der Waals surface area contributed by atoms with Gasteiger partial charge in [0.05, 0.1) is 6.54 Å². The predicted octanol–water partition coefficient (Wildman–Crippen LogP) is 4.18. The minimum absolute atomic E-state index is 0. The number of carbonyl (C=O) groups excluding carboxylic acids is 1. The van der Waals surface area contributed by atoms with Crippen LogP contribution < -0.4 is 16.0 Å². The molecule has 0 radical (unpaired) electrons. The number of nitrogens with one attached hydrogen (secondary N) is 3. The first-order valence-electron chi connectivity index (χ1n) is 9.42. The number of nitrogens with zero attached hydrogens (tertiary/aromatic N) is 1. The molecule has 152 valence electrons. The van der Waals surface area contributed by atoms with Crippen LogP contribution in [0.25, 0.3) is 0 Å². The fraction of sp³-hybridized carbons (Fsp3) is 0.364. The topological polar surface area (TPSA) is 65.5 Å². The highest BCUT2D eigenvalue weighted by Gasteiger charge is 2.01. The van der Waals surface area contributed by atoms with E-state index in [-0.39, 0.29) is 29.9 Å². The Bertz CT molecular complexity index is 788. The molecule has 0 aliphatic carbocycles. The van der Waals surface area contributed by atoms with Gasteiger partial charge >= 0.3 is 0 Å². The second-order valence-corrected chi connectivity index (χ2v) is 6.68. The third-order valence-electron chi connectivity index (χ3n) is 4.23. The lowest BCUT2D eigenvalue weighted by Gasteiger charge is -2.12. The lowest BCUT2D eigenvalue weighted by atomic mass is 10.1. The van der Waals surface area contributed by atoms with Gasteiger partial charge in [0.1, 0.15) is 0 Å². The second-order valence-electron chi connectivity index (χ2n) is 6.68. The van der Waals surface area contributed by atoms with Crippen LogP contribution in [0.1, 0.15) is 36.1 Å². The third kappa shape index (κ3) is 8.29. The zero-order valence-electron chi connectivity index (χ0n) is 17.1. The molecule has 0 aromatic heterocycles. The van der Waals surface area contributed by atoms with E-state index in [0.29, 0.717) is 6.54 Å². The number of carbonyl (C=O) groups is 1. The first kappa shape index (κ1) is 23.9. The van der Waals surface area contributed by atoms with Crippen molar-refractivity contribution in [2.24, 2.45) is 4.99 Å². The molecule has 2 rings (SSSR count). The smallest absolute Gasteiger partial charge is 0.221 e. The molecule has 0 aliphatic heterocycles. The number of guanidine groups is 1. The number of amides is 1. The maximum Gasteiger partial charge on any atom is 0.221 e. The summed E-state index contributed by atoms with van der Waals surface area (Å²) in [5.74, 6) is 0.770. The molecule has 0 aliphatic rings. The second kappa shape index (κ2) is 12.4. The number of anilines is 1. The Balaban J connectivity index is 0.00000392. The van der Waals surface area contributed by atoms with E-state index in [1.54, 1.807) is 0 Å². The highest BCUT2D eigenvalue weighted by molar-refractivity contribution is 14.0. The fourth-order valence-electron chi connectivity index (χ4n) is 2.81. The Morgan fingerprint density at radius 1 is 1.04 bits per heavy atom. The summed E-state index contributed by atoms with van der Waals surface area (Å²) >= 11 is 0. The van der Waals surface area contributed by atoms with E-state index in [9.17, 15) is 4.79 Å². The zero-order valence-corrected chi connectivity index (χ0v) is 19.5. The molecule has 5 nitrogen and oxygen atoms in total. The van der Waals surface area contributed by atoms with Crippen LogP contribution in [0.2, 0.25) is 0 Å². The van der Waals surface area contributed by atoms with Gasteiger partial charge in [-0.25, -0.2) is 4.99 Å². The molecule has 0 saturated carbocycles. The van der Waals surface area contributed by atoms with Gasteiger partial charge in [0, 0.05) is 25.7 Å². The average Bonchev–Trinajstić information content (AvgIpc) is 2.62. The van der Waals surface area contributed by atoms with Gasteiger partial charge in [-0.3, -0.25) is 4.79 Å². The van der Waals surface area contributed by atoms with Gasteiger partial charge in [-0.1, -0.05) is 35.9 Å². The van der Waals surface area contributed by atoms with Crippen molar-refractivity contribution < 1.29 is 4.79 Å². The van der Waals surface area contributed by atoms with Gasteiger partial charge in [0.2, 0.25) is 5.91 Å². The Morgan fingerprint density at radius 3 is 2.36 bits per heavy atom. The van der Waals surface area contributed by atoms with E-state index >= 15 is 0 Å². The highest BCUT2D eigenvalue weighted by Crippen LogP contribution is 2.12. The summed E-state index contributed by atoms with van der Waals surface area (Å²) in [5.41, 5.74) is 5.82. The Labute approximate surface area is 185 Å².